The van der Waals surface area contributed by atoms with Gasteiger partial charge in [-0.1, -0.05) is 49.4 Å². The van der Waals surface area contributed by atoms with Crippen molar-refractivity contribution in [2.75, 3.05) is 0 Å². The molecule has 0 unspecified atom stereocenters. The van der Waals surface area contributed by atoms with E-state index in [4.69, 9.17) is 4.42 Å². The molecule has 2 aromatic carbocycles. The van der Waals surface area contributed by atoms with Gasteiger partial charge in [0.05, 0.1) is 11.3 Å². The second-order valence-electron chi connectivity index (χ2n) is 8.75. The first-order valence-corrected chi connectivity index (χ1v) is 11.1. The third-order valence-corrected chi connectivity index (χ3v) is 7.15. The van der Waals surface area contributed by atoms with Gasteiger partial charge in [0, 0.05) is 22.1 Å². The van der Waals surface area contributed by atoms with E-state index in [2.05, 4.69) is 0 Å². The molecule has 0 amide bonds. The molecule has 0 saturated carbocycles. The highest BCUT2D eigenvalue weighted by Gasteiger charge is 2.40. The third kappa shape index (κ3) is 3.26. The van der Waals surface area contributed by atoms with Crippen LogP contribution in [-0.4, -0.2) is 9.67 Å². The predicted octanol–water partition coefficient (Wildman–Crippen LogP) is 5.77. The van der Waals surface area contributed by atoms with Crippen LogP contribution in [0.5, 0.6) is 5.75 Å². The molecule has 0 atom stereocenters. The van der Waals surface area contributed by atoms with Crippen LogP contribution < -0.4 is 11.2 Å². The van der Waals surface area contributed by atoms with Crippen molar-refractivity contribution in [1.29, 1.82) is 0 Å². The Morgan fingerprint density at radius 2 is 1.79 bits per heavy atom. The molecule has 2 aromatic heterocycles. The summed E-state index contributed by atoms with van der Waals surface area (Å²) in [5, 5.41) is 10.7. The highest BCUT2D eigenvalue weighted by molar-refractivity contribution is 7.99. The number of aromatic hydroxyl groups is 1. The quantitative estimate of drug-likeness (QED) is 0.391. The maximum absolute atomic E-state index is 13.6. The number of aromatic nitrogens is 1. The number of aryl methyl sites for hydroxylation is 1. The van der Waals surface area contributed by atoms with Gasteiger partial charge in [0.25, 0.3) is 5.56 Å². The minimum Gasteiger partial charge on any atom is -0.505 e. The maximum Gasteiger partial charge on any atom is 0.416 e. The molecule has 0 fully saturated rings. The van der Waals surface area contributed by atoms with Crippen LogP contribution in [0.1, 0.15) is 36.2 Å². The highest BCUT2D eigenvalue weighted by atomic mass is 32.2. The van der Waals surface area contributed by atoms with Gasteiger partial charge in [0.1, 0.15) is 15.9 Å². The molecule has 3 heterocycles. The van der Waals surface area contributed by atoms with Crippen molar-refractivity contribution < 1.29 is 22.7 Å². The zero-order valence-corrected chi connectivity index (χ0v) is 19.1. The average Bonchev–Trinajstić information content (AvgIpc) is 2.97. The standard InChI is InChI=1S/C25H18F3NO4S/c1-12-5-4-6-14(9-12)34-21-20(30)19-17(33-23(21)32)11-18-24(2,3)15-8-7-13(25(26,27)28)10-16(15)29(18)22(19)31/h4-11,30H,1-3H3. The fraction of sp³-hybridized carbons (Fsp3) is 0.200. The van der Waals surface area contributed by atoms with E-state index in [-0.39, 0.29) is 21.6 Å². The third-order valence-electron chi connectivity index (χ3n) is 6.10. The molecular weight excluding hydrogens is 467 g/mol. The molecule has 0 aliphatic carbocycles. The van der Waals surface area contributed by atoms with Gasteiger partial charge >= 0.3 is 11.8 Å². The van der Waals surface area contributed by atoms with Crippen LogP contribution in [0.15, 0.2) is 72.3 Å². The van der Waals surface area contributed by atoms with Crippen LogP contribution in [0, 0.1) is 6.92 Å². The molecule has 0 saturated heterocycles. The van der Waals surface area contributed by atoms with E-state index in [1.807, 2.05) is 13.0 Å². The summed E-state index contributed by atoms with van der Waals surface area (Å²) >= 11 is 0.950. The minimum atomic E-state index is -4.59. The van der Waals surface area contributed by atoms with E-state index in [9.17, 15) is 27.9 Å². The normalized spacial score (nSPS) is 14.3. The molecule has 9 heteroatoms. The Morgan fingerprint density at radius 3 is 2.47 bits per heavy atom. The lowest BCUT2D eigenvalue weighted by molar-refractivity contribution is -0.137. The zero-order chi connectivity index (χ0) is 24.6. The Bertz CT molecular complexity index is 1620. The van der Waals surface area contributed by atoms with E-state index in [1.54, 1.807) is 32.0 Å². The lowest BCUT2D eigenvalue weighted by Crippen LogP contribution is -2.24. The Labute approximate surface area is 195 Å². The summed E-state index contributed by atoms with van der Waals surface area (Å²) in [5.74, 6) is -0.559. The van der Waals surface area contributed by atoms with E-state index < -0.39 is 34.1 Å². The number of nitrogens with zero attached hydrogens (tertiary/aromatic N) is 1. The molecule has 4 aromatic rings. The summed E-state index contributed by atoms with van der Waals surface area (Å²) in [6, 6.07) is 11.9. The van der Waals surface area contributed by atoms with Gasteiger partial charge in [-0.3, -0.25) is 9.36 Å². The van der Waals surface area contributed by atoms with E-state index >= 15 is 0 Å². The second kappa shape index (κ2) is 7.27. The van der Waals surface area contributed by atoms with Crippen molar-refractivity contribution >= 4 is 22.7 Å². The summed E-state index contributed by atoms with van der Waals surface area (Å²) in [6.45, 7) is 5.41. The summed E-state index contributed by atoms with van der Waals surface area (Å²) in [4.78, 5) is 26.8. The number of fused-ring (bicyclic) bond motifs is 4. The van der Waals surface area contributed by atoms with Crippen LogP contribution in [0.3, 0.4) is 0 Å². The van der Waals surface area contributed by atoms with Crippen molar-refractivity contribution in [3.8, 4) is 11.4 Å². The van der Waals surface area contributed by atoms with Crippen LogP contribution >= 0.6 is 11.8 Å². The Kier molecular flexibility index (Phi) is 4.77. The molecular formula is C25H18F3NO4S. The number of benzene rings is 2. The number of rotatable bonds is 2. The molecule has 0 bridgehead atoms. The van der Waals surface area contributed by atoms with E-state index in [0.717, 1.165) is 34.0 Å². The van der Waals surface area contributed by atoms with Crippen molar-refractivity contribution in [1.82, 2.24) is 4.57 Å². The van der Waals surface area contributed by atoms with E-state index in [0.29, 0.717) is 16.2 Å². The van der Waals surface area contributed by atoms with Crippen LogP contribution in [0.25, 0.3) is 16.7 Å². The molecule has 174 valence electrons. The first-order valence-electron chi connectivity index (χ1n) is 10.3. The van der Waals surface area contributed by atoms with Gasteiger partial charge in [0.2, 0.25) is 0 Å². The van der Waals surface area contributed by atoms with Gasteiger partial charge < -0.3 is 9.52 Å². The van der Waals surface area contributed by atoms with E-state index in [1.165, 1.54) is 12.1 Å². The number of halogens is 3. The first-order chi connectivity index (χ1) is 15.9. The maximum atomic E-state index is 13.6. The SMILES string of the molecule is Cc1cccc(Sc2c(O)c3c(=O)n4c(cc3oc2=O)C(C)(C)c2ccc(C(F)(F)F)cc2-4)c1. The summed E-state index contributed by atoms with van der Waals surface area (Å²) < 4.78 is 46.8. The lowest BCUT2D eigenvalue weighted by Gasteiger charge is -2.20. The summed E-state index contributed by atoms with van der Waals surface area (Å²) in [6.07, 6.45) is -4.59. The van der Waals surface area contributed by atoms with Gasteiger partial charge in [-0.05, 0) is 36.8 Å². The van der Waals surface area contributed by atoms with Crippen molar-refractivity contribution in [3.63, 3.8) is 0 Å². The van der Waals surface area contributed by atoms with Gasteiger partial charge in [-0.25, -0.2) is 4.79 Å². The van der Waals surface area contributed by atoms with Gasteiger partial charge in [-0.2, -0.15) is 13.2 Å². The Morgan fingerprint density at radius 1 is 1.06 bits per heavy atom. The monoisotopic (exact) mass is 485 g/mol. The molecule has 5 nitrogen and oxygen atoms in total. The number of hydrogen-bond acceptors (Lipinski definition) is 5. The summed E-state index contributed by atoms with van der Waals surface area (Å²) in [5.41, 5.74) is -1.52. The Balaban J connectivity index is 1.79. The fourth-order valence-electron chi connectivity index (χ4n) is 4.39. The fourth-order valence-corrected chi connectivity index (χ4v) is 5.34. The van der Waals surface area contributed by atoms with Crippen molar-refractivity contribution in [2.24, 2.45) is 0 Å². The van der Waals surface area contributed by atoms with Gasteiger partial charge in [-0.15, -0.1) is 0 Å². The number of alkyl halides is 3. The average molecular weight is 485 g/mol. The summed E-state index contributed by atoms with van der Waals surface area (Å²) in [7, 11) is 0. The van der Waals surface area contributed by atoms with Crippen LogP contribution in [-0.2, 0) is 11.6 Å². The molecule has 0 radical (unpaired) electrons. The molecule has 5 rings (SSSR count). The molecule has 1 aliphatic heterocycles. The van der Waals surface area contributed by atoms with Crippen LogP contribution in [0.4, 0.5) is 13.2 Å². The van der Waals surface area contributed by atoms with Gasteiger partial charge in [0.15, 0.2) is 5.75 Å². The minimum absolute atomic E-state index is 0.0835. The number of hydrogen-bond donors (Lipinski definition) is 1. The highest BCUT2D eigenvalue weighted by Crippen LogP contribution is 2.45. The second-order valence-corrected chi connectivity index (χ2v) is 9.83. The number of pyridine rings is 1. The van der Waals surface area contributed by atoms with Crippen LogP contribution in [0.2, 0.25) is 0 Å². The smallest absolute Gasteiger partial charge is 0.416 e. The van der Waals surface area contributed by atoms with Crippen molar-refractivity contribution in [3.05, 3.63) is 91.7 Å². The Hall–Kier alpha value is -3.46. The molecule has 0 spiro atoms. The topological polar surface area (TPSA) is 72.4 Å². The largest absolute Gasteiger partial charge is 0.505 e. The predicted molar refractivity (Wildman–Crippen MR) is 122 cm³/mol. The molecule has 1 aliphatic rings. The van der Waals surface area contributed by atoms with Crippen molar-refractivity contribution in [2.45, 2.75) is 42.2 Å². The zero-order valence-electron chi connectivity index (χ0n) is 18.3. The first kappa shape index (κ1) is 22.3. The molecule has 1 N–H and O–H groups in total. The lowest BCUT2D eigenvalue weighted by atomic mass is 9.83. The molecule has 34 heavy (non-hydrogen) atoms.